The summed E-state index contributed by atoms with van der Waals surface area (Å²) in [7, 11) is 2.03. The SMILES string of the molecule is CN1CCc2ccc(NC(=O)CCN3C(=O)c4ccccc4C3=O)cc21. The molecule has 0 atom stereocenters. The topological polar surface area (TPSA) is 69.7 Å². The summed E-state index contributed by atoms with van der Waals surface area (Å²) in [5.41, 5.74) is 3.93. The van der Waals surface area contributed by atoms with E-state index in [9.17, 15) is 14.4 Å². The average Bonchev–Trinajstić information content (AvgIpc) is 3.12. The van der Waals surface area contributed by atoms with Crippen molar-refractivity contribution in [3.63, 3.8) is 0 Å². The minimum absolute atomic E-state index is 0.0678. The smallest absolute Gasteiger partial charge is 0.261 e. The number of anilines is 2. The second-order valence-corrected chi connectivity index (χ2v) is 6.62. The summed E-state index contributed by atoms with van der Waals surface area (Å²) in [6.45, 7) is 1.05. The van der Waals surface area contributed by atoms with Gasteiger partial charge in [-0.3, -0.25) is 19.3 Å². The van der Waals surface area contributed by atoms with Gasteiger partial charge in [0.2, 0.25) is 5.91 Å². The highest BCUT2D eigenvalue weighted by atomic mass is 16.2. The van der Waals surface area contributed by atoms with Crippen LogP contribution >= 0.6 is 0 Å². The molecule has 26 heavy (non-hydrogen) atoms. The van der Waals surface area contributed by atoms with Gasteiger partial charge in [-0.2, -0.15) is 0 Å². The molecule has 0 unspecified atom stereocenters. The summed E-state index contributed by atoms with van der Waals surface area (Å²) < 4.78 is 0. The predicted molar refractivity (Wildman–Crippen MR) is 98.5 cm³/mol. The molecule has 0 saturated carbocycles. The van der Waals surface area contributed by atoms with Gasteiger partial charge < -0.3 is 10.2 Å². The van der Waals surface area contributed by atoms with Crippen LogP contribution < -0.4 is 10.2 Å². The van der Waals surface area contributed by atoms with Crippen molar-refractivity contribution >= 4 is 29.1 Å². The minimum Gasteiger partial charge on any atom is -0.374 e. The molecule has 0 bridgehead atoms. The van der Waals surface area contributed by atoms with Crippen LogP contribution in [0.15, 0.2) is 42.5 Å². The number of hydrogen-bond acceptors (Lipinski definition) is 4. The quantitative estimate of drug-likeness (QED) is 0.860. The van der Waals surface area contributed by atoms with E-state index in [2.05, 4.69) is 10.2 Å². The number of rotatable bonds is 4. The molecule has 1 N–H and O–H groups in total. The second kappa shape index (κ2) is 6.29. The lowest BCUT2D eigenvalue weighted by Gasteiger charge is -2.15. The van der Waals surface area contributed by atoms with E-state index >= 15 is 0 Å². The molecule has 2 aromatic rings. The highest BCUT2D eigenvalue weighted by Gasteiger charge is 2.34. The molecule has 6 heteroatoms. The molecule has 2 aliphatic rings. The van der Waals surface area contributed by atoms with E-state index in [0.29, 0.717) is 11.1 Å². The van der Waals surface area contributed by atoms with E-state index < -0.39 is 0 Å². The molecule has 0 radical (unpaired) electrons. The van der Waals surface area contributed by atoms with Crippen LogP contribution in [0.1, 0.15) is 32.7 Å². The Labute approximate surface area is 151 Å². The second-order valence-electron chi connectivity index (χ2n) is 6.62. The number of carbonyl (C=O) groups excluding carboxylic acids is 3. The fourth-order valence-electron chi connectivity index (χ4n) is 3.50. The molecule has 0 spiro atoms. The van der Waals surface area contributed by atoms with Crippen LogP contribution in [-0.4, -0.2) is 42.8 Å². The van der Waals surface area contributed by atoms with Crippen molar-refractivity contribution in [2.75, 3.05) is 30.4 Å². The van der Waals surface area contributed by atoms with E-state index in [1.807, 2.05) is 25.2 Å². The number of carbonyl (C=O) groups is 3. The number of fused-ring (bicyclic) bond motifs is 2. The van der Waals surface area contributed by atoms with Crippen molar-refractivity contribution in [1.29, 1.82) is 0 Å². The largest absolute Gasteiger partial charge is 0.374 e. The van der Waals surface area contributed by atoms with Gasteiger partial charge in [0.15, 0.2) is 0 Å². The molecule has 6 nitrogen and oxygen atoms in total. The van der Waals surface area contributed by atoms with Crippen LogP contribution in [0.2, 0.25) is 0 Å². The highest BCUT2D eigenvalue weighted by Crippen LogP contribution is 2.29. The van der Waals surface area contributed by atoms with Gasteiger partial charge in [0.25, 0.3) is 11.8 Å². The predicted octanol–water partition coefficient (Wildman–Crippen LogP) is 2.30. The summed E-state index contributed by atoms with van der Waals surface area (Å²) in [4.78, 5) is 40.2. The zero-order valence-corrected chi connectivity index (χ0v) is 14.5. The minimum atomic E-state index is -0.336. The number of amides is 3. The Morgan fingerprint density at radius 1 is 1.08 bits per heavy atom. The van der Waals surface area contributed by atoms with Gasteiger partial charge in [-0.1, -0.05) is 18.2 Å². The first-order chi connectivity index (χ1) is 12.5. The van der Waals surface area contributed by atoms with Crippen molar-refractivity contribution in [3.8, 4) is 0 Å². The molecule has 2 aliphatic heterocycles. The zero-order valence-electron chi connectivity index (χ0n) is 14.5. The average molecular weight is 349 g/mol. The van der Waals surface area contributed by atoms with Crippen molar-refractivity contribution < 1.29 is 14.4 Å². The fraction of sp³-hybridized carbons (Fsp3) is 0.250. The lowest BCUT2D eigenvalue weighted by atomic mass is 10.1. The normalized spacial score (nSPS) is 15.3. The number of imide groups is 1. The number of hydrogen-bond donors (Lipinski definition) is 1. The maximum absolute atomic E-state index is 12.3. The first-order valence-electron chi connectivity index (χ1n) is 8.64. The molecule has 3 amide bonds. The fourth-order valence-corrected chi connectivity index (χ4v) is 3.50. The molecule has 0 aliphatic carbocycles. The summed E-state index contributed by atoms with van der Waals surface area (Å²) >= 11 is 0. The molecule has 2 heterocycles. The van der Waals surface area contributed by atoms with Gasteiger partial charge in [-0.05, 0) is 36.2 Å². The molecule has 4 rings (SSSR count). The molecular formula is C20H19N3O3. The van der Waals surface area contributed by atoms with Gasteiger partial charge >= 0.3 is 0 Å². The van der Waals surface area contributed by atoms with E-state index in [4.69, 9.17) is 0 Å². The lowest BCUT2D eigenvalue weighted by molar-refractivity contribution is -0.116. The van der Waals surface area contributed by atoms with Crippen molar-refractivity contribution in [1.82, 2.24) is 4.90 Å². The Bertz CT molecular complexity index is 887. The Morgan fingerprint density at radius 3 is 2.46 bits per heavy atom. The van der Waals surface area contributed by atoms with E-state index in [-0.39, 0.29) is 30.7 Å². The lowest BCUT2D eigenvalue weighted by Crippen LogP contribution is -2.32. The number of nitrogens with zero attached hydrogens (tertiary/aromatic N) is 2. The van der Waals surface area contributed by atoms with Crippen molar-refractivity contribution in [2.24, 2.45) is 0 Å². The van der Waals surface area contributed by atoms with Gasteiger partial charge in [-0.25, -0.2) is 0 Å². The molecule has 0 aromatic heterocycles. The molecule has 2 aromatic carbocycles. The summed E-state index contributed by atoms with van der Waals surface area (Å²) in [5, 5.41) is 2.85. The third-order valence-corrected chi connectivity index (χ3v) is 4.94. The van der Waals surface area contributed by atoms with Crippen LogP contribution in [0.5, 0.6) is 0 Å². The van der Waals surface area contributed by atoms with Gasteiger partial charge in [-0.15, -0.1) is 0 Å². The first kappa shape index (κ1) is 16.3. The Hall–Kier alpha value is -3.15. The summed E-state index contributed by atoms with van der Waals surface area (Å²) in [6.07, 6.45) is 1.08. The third kappa shape index (κ3) is 2.73. The van der Waals surface area contributed by atoms with Crippen molar-refractivity contribution in [2.45, 2.75) is 12.8 Å². The zero-order chi connectivity index (χ0) is 18.3. The van der Waals surface area contributed by atoms with Crippen LogP contribution in [-0.2, 0) is 11.2 Å². The highest BCUT2D eigenvalue weighted by molar-refractivity contribution is 6.21. The Morgan fingerprint density at radius 2 is 1.77 bits per heavy atom. The summed E-state index contributed by atoms with van der Waals surface area (Å²) in [5.74, 6) is -0.891. The van der Waals surface area contributed by atoms with E-state index in [1.54, 1.807) is 24.3 Å². The molecule has 132 valence electrons. The summed E-state index contributed by atoms with van der Waals surface area (Å²) in [6, 6.07) is 12.6. The van der Waals surface area contributed by atoms with Gasteiger partial charge in [0.1, 0.15) is 0 Å². The first-order valence-corrected chi connectivity index (χ1v) is 8.64. The Kier molecular flexibility index (Phi) is 3.95. The maximum atomic E-state index is 12.3. The monoisotopic (exact) mass is 349 g/mol. The van der Waals surface area contributed by atoms with Crippen molar-refractivity contribution in [3.05, 3.63) is 59.2 Å². The standard InChI is InChI=1S/C20H19N3O3/c1-22-10-8-13-6-7-14(12-17(13)22)21-18(24)9-11-23-19(25)15-4-2-3-5-16(15)20(23)26/h2-7,12H,8-11H2,1H3,(H,21,24). The van der Waals surface area contributed by atoms with Crippen LogP contribution in [0.4, 0.5) is 11.4 Å². The van der Waals surface area contributed by atoms with Crippen LogP contribution in [0.3, 0.4) is 0 Å². The van der Waals surface area contributed by atoms with E-state index in [0.717, 1.165) is 29.2 Å². The maximum Gasteiger partial charge on any atom is 0.261 e. The van der Waals surface area contributed by atoms with E-state index in [1.165, 1.54) is 5.56 Å². The van der Waals surface area contributed by atoms with Crippen LogP contribution in [0.25, 0.3) is 0 Å². The molecule has 0 saturated heterocycles. The number of likely N-dealkylation sites (N-methyl/N-ethyl adjacent to an activating group) is 1. The number of nitrogens with one attached hydrogen (secondary N) is 1. The van der Waals surface area contributed by atoms with Gasteiger partial charge in [0.05, 0.1) is 11.1 Å². The Balaban J connectivity index is 1.39. The van der Waals surface area contributed by atoms with Gasteiger partial charge in [0, 0.05) is 37.9 Å². The van der Waals surface area contributed by atoms with Crippen LogP contribution in [0, 0.1) is 0 Å². The molecular weight excluding hydrogens is 330 g/mol. The third-order valence-electron chi connectivity index (χ3n) is 4.94. The molecule has 0 fully saturated rings. The number of benzene rings is 2.